The molecule has 0 aromatic heterocycles. The summed E-state index contributed by atoms with van der Waals surface area (Å²) in [5, 5.41) is 10.2. The molecule has 16 heavy (non-hydrogen) atoms. The highest BCUT2D eigenvalue weighted by atomic mass is 16.3. The Morgan fingerprint density at radius 1 is 1.25 bits per heavy atom. The number of hydrogen-bond acceptors (Lipinski definition) is 1. The number of aliphatic hydroxyl groups is 1. The van der Waals surface area contributed by atoms with Crippen molar-refractivity contribution in [3.8, 4) is 11.8 Å². The second-order valence-corrected chi connectivity index (χ2v) is 4.34. The second-order valence-electron chi connectivity index (χ2n) is 4.34. The fourth-order valence-corrected chi connectivity index (χ4v) is 1.45. The van der Waals surface area contributed by atoms with Gasteiger partial charge in [-0.3, -0.25) is 0 Å². The third-order valence-electron chi connectivity index (χ3n) is 2.60. The summed E-state index contributed by atoms with van der Waals surface area (Å²) >= 11 is 0. The maximum Gasteiger partial charge on any atom is 0.148 e. The highest BCUT2D eigenvalue weighted by molar-refractivity contribution is 5.32. The average molecular weight is 216 g/mol. The molecule has 0 heterocycles. The van der Waals surface area contributed by atoms with Crippen LogP contribution in [0.25, 0.3) is 0 Å². The zero-order valence-electron chi connectivity index (χ0n) is 10.4. The van der Waals surface area contributed by atoms with Crippen LogP contribution >= 0.6 is 0 Å². The molecule has 0 saturated heterocycles. The lowest BCUT2D eigenvalue weighted by molar-refractivity contribution is 0.122. The van der Waals surface area contributed by atoms with E-state index in [-0.39, 0.29) is 0 Å². The Balaban J connectivity index is 2.75. The SMILES string of the molecule is CCCCC#CC(C)(O)c1ccc(C)cc1. The molecule has 1 N–H and O–H groups in total. The van der Waals surface area contributed by atoms with Gasteiger partial charge < -0.3 is 5.11 Å². The lowest BCUT2D eigenvalue weighted by Crippen LogP contribution is -2.18. The van der Waals surface area contributed by atoms with E-state index in [9.17, 15) is 5.11 Å². The van der Waals surface area contributed by atoms with E-state index in [0.29, 0.717) is 0 Å². The van der Waals surface area contributed by atoms with Gasteiger partial charge in [-0.1, -0.05) is 55.0 Å². The third kappa shape index (κ3) is 3.72. The summed E-state index contributed by atoms with van der Waals surface area (Å²) in [6.07, 6.45) is 3.09. The molecule has 0 aliphatic carbocycles. The molecule has 0 radical (unpaired) electrons. The van der Waals surface area contributed by atoms with Crippen molar-refractivity contribution in [2.24, 2.45) is 0 Å². The molecule has 0 fully saturated rings. The summed E-state index contributed by atoms with van der Waals surface area (Å²) < 4.78 is 0. The maximum absolute atomic E-state index is 10.2. The van der Waals surface area contributed by atoms with Crippen LogP contribution in [0.4, 0.5) is 0 Å². The number of aryl methyl sites for hydroxylation is 1. The van der Waals surface area contributed by atoms with Gasteiger partial charge in [-0.2, -0.15) is 0 Å². The Kier molecular flexibility index (Phi) is 4.58. The summed E-state index contributed by atoms with van der Waals surface area (Å²) in [5.41, 5.74) is 1.03. The Bertz CT molecular complexity index is 376. The van der Waals surface area contributed by atoms with Crippen LogP contribution in [-0.4, -0.2) is 5.11 Å². The van der Waals surface area contributed by atoms with Crippen LogP contribution in [0.1, 0.15) is 44.2 Å². The van der Waals surface area contributed by atoms with E-state index in [2.05, 4.69) is 18.8 Å². The normalized spacial score (nSPS) is 13.8. The molecule has 1 heteroatoms. The van der Waals surface area contributed by atoms with E-state index in [0.717, 1.165) is 24.8 Å². The first-order chi connectivity index (χ1) is 7.56. The second kappa shape index (κ2) is 5.72. The average Bonchev–Trinajstić information content (AvgIpc) is 2.25. The van der Waals surface area contributed by atoms with E-state index in [4.69, 9.17) is 0 Å². The van der Waals surface area contributed by atoms with Gasteiger partial charge in [0.1, 0.15) is 5.60 Å². The lowest BCUT2D eigenvalue weighted by atomic mass is 9.95. The van der Waals surface area contributed by atoms with Gasteiger partial charge >= 0.3 is 0 Å². The molecule has 1 unspecified atom stereocenters. The predicted octanol–water partition coefficient (Wildman–Crippen LogP) is 3.40. The van der Waals surface area contributed by atoms with Crippen LogP contribution in [0.3, 0.4) is 0 Å². The van der Waals surface area contributed by atoms with E-state index in [1.165, 1.54) is 5.56 Å². The molecule has 0 saturated carbocycles. The van der Waals surface area contributed by atoms with Crippen LogP contribution in [-0.2, 0) is 5.60 Å². The molecule has 1 aromatic rings. The Morgan fingerprint density at radius 2 is 1.88 bits per heavy atom. The molecule has 0 aliphatic rings. The van der Waals surface area contributed by atoms with Gasteiger partial charge in [0.05, 0.1) is 0 Å². The van der Waals surface area contributed by atoms with Crippen LogP contribution in [0.2, 0.25) is 0 Å². The number of rotatable bonds is 3. The summed E-state index contributed by atoms with van der Waals surface area (Å²) in [7, 11) is 0. The highest BCUT2D eigenvalue weighted by Gasteiger charge is 2.19. The standard InChI is InChI=1S/C15H20O/c1-4-5-6-7-12-15(3,16)14-10-8-13(2)9-11-14/h8-11,16H,4-6H2,1-3H3. The minimum Gasteiger partial charge on any atom is -0.374 e. The van der Waals surface area contributed by atoms with Crippen molar-refractivity contribution in [3.05, 3.63) is 35.4 Å². The summed E-state index contributed by atoms with van der Waals surface area (Å²) in [6.45, 7) is 5.92. The van der Waals surface area contributed by atoms with Crippen molar-refractivity contribution in [3.63, 3.8) is 0 Å². The van der Waals surface area contributed by atoms with Crippen molar-refractivity contribution in [1.82, 2.24) is 0 Å². The van der Waals surface area contributed by atoms with Gasteiger partial charge in [0.2, 0.25) is 0 Å². The van der Waals surface area contributed by atoms with Crippen molar-refractivity contribution in [2.75, 3.05) is 0 Å². The van der Waals surface area contributed by atoms with Gasteiger partial charge in [0, 0.05) is 6.42 Å². The smallest absolute Gasteiger partial charge is 0.148 e. The minimum absolute atomic E-state index is 0.860. The highest BCUT2D eigenvalue weighted by Crippen LogP contribution is 2.19. The molecule has 86 valence electrons. The first kappa shape index (κ1) is 12.8. The van der Waals surface area contributed by atoms with E-state index in [1.807, 2.05) is 31.2 Å². The molecule has 0 aliphatic heterocycles. The van der Waals surface area contributed by atoms with Gasteiger partial charge in [0.25, 0.3) is 0 Å². The topological polar surface area (TPSA) is 20.2 Å². The van der Waals surface area contributed by atoms with Gasteiger partial charge in [0.15, 0.2) is 0 Å². The van der Waals surface area contributed by atoms with Crippen LogP contribution in [0.15, 0.2) is 24.3 Å². The number of benzene rings is 1. The minimum atomic E-state index is -1.03. The van der Waals surface area contributed by atoms with E-state index >= 15 is 0 Å². The fraction of sp³-hybridized carbons (Fsp3) is 0.467. The van der Waals surface area contributed by atoms with Crippen LogP contribution < -0.4 is 0 Å². The Hall–Kier alpha value is -1.26. The van der Waals surface area contributed by atoms with Crippen molar-refractivity contribution >= 4 is 0 Å². The molecule has 0 bridgehead atoms. The van der Waals surface area contributed by atoms with E-state index < -0.39 is 5.60 Å². The molecule has 1 nitrogen and oxygen atoms in total. The number of hydrogen-bond donors (Lipinski definition) is 1. The molecule has 0 amide bonds. The lowest BCUT2D eigenvalue weighted by Gasteiger charge is -2.16. The summed E-state index contributed by atoms with van der Waals surface area (Å²) in [5.74, 6) is 5.97. The van der Waals surface area contributed by atoms with Gasteiger partial charge in [-0.15, -0.1) is 0 Å². The largest absolute Gasteiger partial charge is 0.374 e. The zero-order valence-corrected chi connectivity index (χ0v) is 10.4. The van der Waals surface area contributed by atoms with Gasteiger partial charge in [-0.25, -0.2) is 0 Å². The maximum atomic E-state index is 10.2. The quantitative estimate of drug-likeness (QED) is 0.606. The van der Waals surface area contributed by atoms with Crippen molar-refractivity contribution < 1.29 is 5.11 Å². The Morgan fingerprint density at radius 3 is 2.44 bits per heavy atom. The third-order valence-corrected chi connectivity index (χ3v) is 2.60. The fourth-order valence-electron chi connectivity index (χ4n) is 1.45. The molecule has 1 rings (SSSR count). The monoisotopic (exact) mass is 216 g/mol. The van der Waals surface area contributed by atoms with Gasteiger partial charge in [-0.05, 0) is 25.8 Å². The summed E-state index contributed by atoms with van der Waals surface area (Å²) in [6, 6.07) is 7.86. The van der Waals surface area contributed by atoms with E-state index in [1.54, 1.807) is 6.92 Å². The summed E-state index contributed by atoms with van der Waals surface area (Å²) in [4.78, 5) is 0. The van der Waals surface area contributed by atoms with Crippen LogP contribution in [0, 0.1) is 18.8 Å². The van der Waals surface area contributed by atoms with Crippen molar-refractivity contribution in [2.45, 2.75) is 45.6 Å². The Labute approximate surface area is 98.5 Å². The molecule has 1 atom stereocenters. The molecule has 1 aromatic carbocycles. The molecular weight excluding hydrogens is 196 g/mol. The first-order valence-corrected chi connectivity index (χ1v) is 5.86. The molecule has 0 spiro atoms. The molecular formula is C15H20O. The predicted molar refractivity (Wildman–Crippen MR) is 68.1 cm³/mol. The van der Waals surface area contributed by atoms with Crippen LogP contribution in [0.5, 0.6) is 0 Å². The first-order valence-electron chi connectivity index (χ1n) is 5.86. The van der Waals surface area contributed by atoms with Crippen molar-refractivity contribution in [1.29, 1.82) is 0 Å². The zero-order chi connectivity index (χ0) is 12.0. The number of unbranched alkanes of at least 4 members (excludes halogenated alkanes) is 2.